The monoisotopic (exact) mass is 455 g/mol. The Morgan fingerprint density at radius 3 is 2.47 bits per heavy atom. The molecule has 0 saturated carbocycles. The lowest BCUT2D eigenvalue weighted by atomic mass is 10.0. The Kier molecular flexibility index (Phi) is 6.05. The van der Waals surface area contributed by atoms with Crippen LogP contribution < -0.4 is 5.32 Å². The summed E-state index contributed by atoms with van der Waals surface area (Å²) < 4.78 is 39.6. The second kappa shape index (κ2) is 8.92. The lowest BCUT2D eigenvalue weighted by molar-refractivity contribution is -0.137. The van der Waals surface area contributed by atoms with Crippen molar-refractivity contribution in [1.82, 2.24) is 20.2 Å². The van der Waals surface area contributed by atoms with E-state index in [9.17, 15) is 13.2 Å². The van der Waals surface area contributed by atoms with E-state index in [4.69, 9.17) is 11.6 Å². The summed E-state index contributed by atoms with van der Waals surface area (Å²) in [7, 11) is 0. The Balaban J connectivity index is 1.72. The van der Waals surface area contributed by atoms with Crippen LogP contribution in [0, 0.1) is 0 Å². The van der Waals surface area contributed by atoms with E-state index in [1.807, 2.05) is 37.3 Å². The van der Waals surface area contributed by atoms with Crippen LogP contribution in [0.1, 0.15) is 24.1 Å². The van der Waals surface area contributed by atoms with Gasteiger partial charge in [0, 0.05) is 17.3 Å². The molecule has 4 aromatic rings. The Morgan fingerprint density at radius 2 is 1.72 bits per heavy atom. The van der Waals surface area contributed by atoms with Gasteiger partial charge in [0.2, 0.25) is 5.95 Å². The van der Waals surface area contributed by atoms with Gasteiger partial charge in [0.1, 0.15) is 5.69 Å². The van der Waals surface area contributed by atoms with E-state index in [1.54, 1.807) is 12.3 Å². The molecule has 0 bridgehead atoms. The molecule has 2 heterocycles. The Morgan fingerprint density at radius 1 is 0.938 bits per heavy atom. The van der Waals surface area contributed by atoms with Crippen LogP contribution in [0.25, 0.3) is 22.5 Å². The highest BCUT2D eigenvalue weighted by Crippen LogP contribution is 2.35. The summed E-state index contributed by atoms with van der Waals surface area (Å²) in [5.74, 6) is 0.363. The molecule has 32 heavy (non-hydrogen) atoms. The quantitative estimate of drug-likeness (QED) is 0.375. The SMILES string of the molecule is CC(Nc1nccc(-c2cc(Cl)nnc2-c2cccc(C(F)(F)F)c2)n1)c1ccccc1. The molecule has 4 rings (SSSR count). The van der Waals surface area contributed by atoms with Crippen molar-refractivity contribution < 1.29 is 13.2 Å². The van der Waals surface area contributed by atoms with E-state index < -0.39 is 11.7 Å². The molecule has 162 valence electrons. The van der Waals surface area contributed by atoms with Gasteiger partial charge >= 0.3 is 6.18 Å². The van der Waals surface area contributed by atoms with Crippen LogP contribution in [-0.4, -0.2) is 20.2 Å². The number of benzene rings is 2. The zero-order valence-electron chi connectivity index (χ0n) is 16.8. The lowest BCUT2D eigenvalue weighted by Gasteiger charge is -2.15. The first-order valence-electron chi connectivity index (χ1n) is 9.67. The number of nitrogens with one attached hydrogen (secondary N) is 1. The Bertz CT molecular complexity index is 1230. The number of rotatable bonds is 5. The highest BCUT2D eigenvalue weighted by molar-refractivity contribution is 6.29. The summed E-state index contributed by atoms with van der Waals surface area (Å²) in [6.45, 7) is 1.98. The maximum atomic E-state index is 13.2. The smallest absolute Gasteiger partial charge is 0.348 e. The molecule has 0 radical (unpaired) electrons. The molecule has 0 saturated heterocycles. The summed E-state index contributed by atoms with van der Waals surface area (Å²) >= 11 is 6.05. The number of nitrogens with zero attached hydrogens (tertiary/aromatic N) is 4. The molecule has 0 spiro atoms. The summed E-state index contributed by atoms with van der Waals surface area (Å²) in [6.07, 6.45) is -2.91. The predicted octanol–water partition coefficient (Wildman–Crippen LogP) is 6.45. The molecule has 0 aliphatic rings. The van der Waals surface area contributed by atoms with Crippen molar-refractivity contribution in [3.63, 3.8) is 0 Å². The van der Waals surface area contributed by atoms with Gasteiger partial charge in [-0.15, -0.1) is 10.2 Å². The third kappa shape index (κ3) is 4.86. The van der Waals surface area contributed by atoms with Crippen molar-refractivity contribution in [3.8, 4) is 22.5 Å². The van der Waals surface area contributed by atoms with Crippen LogP contribution >= 0.6 is 11.6 Å². The normalized spacial score (nSPS) is 12.4. The zero-order valence-corrected chi connectivity index (χ0v) is 17.6. The van der Waals surface area contributed by atoms with Crippen molar-refractivity contribution in [2.75, 3.05) is 5.32 Å². The molecule has 0 aliphatic heterocycles. The van der Waals surface area contributed by atoms with Crippen molar-refractivity contribution in [2.45, 2.75) is 19.1 Å². The van der Waals surface area contributed by atoms with Gasteiger partial charge in [-0.3, -0.25) is 0 Å². The highest BCUT2D eigenvalue weighted by Gasteiger charge is 2.30. The number of anilines is 1. The van der Waals surface area contributed by atoms with Gasteiger partial charge in [-0.1, -0.05) is 54.1 Å². The van der Waals surface area contributed by atoms with E-state index >= 15 is 0 Å². The molecule has 5 nitrogen and oxygen atoms in total. The molecule has 1 N–H and O–H groups in total. The van der Waals surface area contributed by atoms with Gasteiger partial charge in [-0.25, -0.2) is 9.97 Å². The minimum atomic E-state index is -4.48. The van der Waals surface area contributed by atoms with Crippen molar-refractivity contribution >= 4 is 17.5 Å². The second-order valence-electron chi connectivity index (χ2n) is 7.05. The highest BCUT2D eigenvalue weighted by atomic mass is 35.5. The maximum absolute atomic E-state index is 13.2. The molecule has 2 aromatic carbocycles. The number of hydrogen-bond donors (Lipinski definition) is 1. The number of aromatic nitrogens is 4. The molecule has 0 aliphatic carbocycles. The Labute approximate surface area is 187 Å². The molecule has 9 heteroatoms. The number of alkyl halides is 3. The van der Waals surface area contributed by atoms with Crippen LogP contribution in [0.2, 0.25) is 5.15 Å². The standard InChI is InChI=1S/C23H17ClF3N5/c1-14(15-6-3-2-4-7-15)29-22-28-11-10-19(30-22)18-13-20(24)31-32-21(18)16-8-5-9-17(12-16)23(25,26)27/h2-14H,1H3,(H,28,29,30). The molecule has 2 aromatic heterocycles. The fourth-order valence-electron chi connectivity index (χ4n) is 3.22. The maximum Gasteiger partial charge on any atom is 0.416 e. The molecular weight excluding hydrogens is 439 g/mol. The molecule has 1 atom stereocenters. The first kappa shape index (κ1) is 21.7. The van der Waals surface area contributed by atoms with E-state index in [-0.39, 0.29) is 22.5 Å². The van der Waals surface area contributed by atoms with Crippen LogP contribution in [0.3, 0.4) is 0 Å². The summed E-state index contributed by atoms with van der Waals surface area (Å²) in [5.41, 5.74) is 1.67. The number of hydrogen-bond acceptors (Lipinski definition) is 5. The fraction of sp³-hybridized carbons (Fsp3) is 0.130. The first-order valence-corrected chi connectivity index (χ1v) is 10.0. The van der Waals surface area contributed by atoms with E-state index in [0.717, 1.165) is 17.7 Å². The fourth-order valence-corrected chi connectivity index (χ4v) is 3.36. The topological polar surface area (TPSA) is 63.6 Å². The van der Waals surface area contributed by atoms with Gasteiger partial charge in [-0.05, 0) is 36.8 Å². The Hall–Kier alpha value is -3.52. The molecule has 0 amide bonds. The van der Waals surface area contributed by atoms with Crippen molar-refractivity contribution in [2.24, 2.45) is 0 Å². The molecule has 1 unspecified atom stereocenters. The third-order valence-corrected chi connectivity index (χ3v) is 4.99. The first-order chi connectivity index (χ1) is 15.3. The van der Waals surface area contributed by atoms with Crippen molar-refractivity contribution in [3.05, 3.63) is 89.2 Å². The summed E-state index contributed by atoms with van der Waals surface area (Å²) in [5, 5.41) is 11.2. The van der Waals surface area contributed by atoms with Crippen LogP contribution in [0.5, 0.6) is 0 Å². The average Bonchev–Trinajstić information content (AvgIpc) is 2.79. The van der Waals surface area contributed by atoms with E-state index in [2.05, 4.69) is 25.5 Å². The minimum absolute atomic E-state index is 0.0615. The lowest BCUT2D eigenvalue weighted by Crippen LogP contribution is -2.09. The zero-order chi connectivity index (χ0) is 22.7. The van der Waals surface area contributed by atoms with Crippen LogP contribution in [0.15, 0.2) is 72.9 Å². The third-order valence-electron chi connectivity index (χ3n) is 4.80. The molecular formula is C23H17ClF3N5. The largest absolute Gasteiger partial charge is 0.416 e. The van der Waals surface area contributed by atoms with E-state index in [1.165, 1.54) is 18.2 Å². The van der Waals surface area contributed by atoms with E-state index in [0.29, 0.717) is 17.2 Å². The van der Waals surface area contributed by atoms with Gasteiger partial charge in [0.25, 0.3) is 0 Å². The summed E-state index contributed by atoms with van der Waals surface area (Å²) in [4.78, 5) is 8.80. The van der Waals surface area contributed by atoms with Crippen LogP contribution in [0.4, 0.5) is 19.1 Å². The second-order valence-corrected chi connectivity index (χ2v) is 7.44. The average molecular weight is 456 g/mol. The van der Waals surface area contributed by atoms with Gasteiger partial charge in [-0.2, -0.15) is 13.2 Å². The van der Waals surface area contributed by atoms with Gasteiger partial charge in [0.05, 0.1) is 17.3 Å². The van der Waals surface area contributed by atoms with Crippen LogP contribution in [-0.2, 0) is 6.18 Å². The minimum Gasteiger partial charge on any atom is -0.348 e. The van der Waals surface area contributed by atoms with Crippen molar-refractivity contribution in [1.29, 1.82) is 0 Å². The van der Waals surface area contributed by atoms with Gasteiger partial charge in [0.15, 0.2) is 5.15 Å². The molecule has 0 fully saturated rings. The predicted molar refractivity (Wildman–Crippen MR) is 117 cm³/mol. The summed E-state index contributed by atoms with van der Waals surface area (Å²) in [6, 6.07) is 17.8. The van der Waals surface area contributed by atoms with Gasteiger partial charge < -0.3 is 5.32 Å². The number of halogens is 4.